The van der Waals surface area contributed by atoms with E-state index in [2.05, 4.69) is 22.3 Å². The number of thiol groups is 1. The molecule has 0 amide bonds. The minimum atomic E-state index is -4.63. The van der Waals surface area contributed by atoms with Crippen LogP contribution in [0, 0.1) is 5.92 Å². The van der Waals surface area contributed by atoms with Crippen LogP contribution in [0.25, 0.3) is 0 Å². The zero-order valence-corrected chi connectivity index (χ0v) is 21.7. The van der Waals surface area contributed by atoms with Crippen LogP contribution in [-0.2, 0) is 37.2 Å². The number of aromatic amines is 1. The molecular formula is C17H26N3O13P2S+. The number of rotatable bonds is 14. The molecule has 1 aromatic heterocycles. The molecule has 36 heavy (non-hydrogen) atoms. The summed E-state index contributed by atoms with van der Waals surface area (Å²) in [5.41, 5.74) is -3.13. The molecule has 0 saturated carbocycles. The Bertz CT molecular complexity index is 1130. The molecular weight excluding hydrogens is 548 g/mol. The van der Waals surface area contributed by atoms with Crippen molar-refractivity contribution < 1.29 is 52.3 Å². The fraction of sp³-hybridized carbons (Fsp3) is 0.647. The first-order valence-electron chi connectivity index (χ1n) is 10.3. The Balaban J connectivity index is 2.27. The Hall–Kier alpha value is -1.94. The van der Waals surface area contributed by atoms with Crippen molar-refractivity contribution in [2.45, 2.75) is 43.8 Å². The molecule has 202 valence electrons. The fourth-order valence-electron chi connectivity index (χ4n) is 3.61. The number of H-pyrrole nitrogens is 1. The molecule has 1 aromatic rings. The van der Waals surface area contributed by atoms with Gasteiger partial charge in [-0.2, -0.15) is 0 Å². The molecule has 1 aliphatic heterocycles. The van der Waals surface area contributed by atoms with Crippen molar-refractivity contribution in [1.29, 1.82) is 0 Å². The molecule has 5 N–H and O–H groups in total. The van der Waals surface area contributed by atoms with Gasteiger partial charge in [-0.3, -0.25) is 28.5 Å². The molecule has 2 rings (SSSR count). The second-order valence-corrected chi connectivity index (χ2v) is 10.9. The third kappa shape index (κ3) is 7.31. The third-order valence-corrected chi connectivity index (χ3v) is 7.27. The lowest BCUT2D eigenvalue weighted by Gasteiger charge is -2.31. The van der Waals surface area contributed by atoms with Gasteiger partial charge in [-0.1, -0.05) is 6.92 Å². The molecule has 1 aliphatic rings. The molecule has 0 bridgehead atoms. The maximum atomic E-state index is 12.5. The average Bonchev–Trinajstić information content (AvgIpc) is 3.07. The van der Waals surface area contributed by atoms with Crippen LogP contribution in [0.15, 0.2) is 21.9 Å². The summed E-state index contributed by atoms with van der Waals surface area (Å²) < 4.78 is 47.3. The van der Waals surface area contributed by atoms with Crippen molar-refractivity contribution in [2.75, 3.05) is 20.3 Å². The molecule has 6 atom stereocenters. The van der Waals surface area contributed by atoms with E-state index in [-0.39, 0.29) is 6.42 Å². The number of nitrogens with zero attached hydrogens (tertiary/aromatic N) is 1. The highest BCUT2D eigenvalue weighted by molar-refractivity contribution is 8.39. The van der Waals surface area contributed by atoms with Gasteiger partial charge in [0.25, 0.3) is 5.56 Å². The van der Waals surface area contributed by atoms with Crippen LogP contribution in [0.2, 0.25) is 0 Å². The highest BCUT2D eigenvalue weighted by atomic mass is 32.7. The average molecular weight is 574 g/mol. The predicted octanol–water partition coefficient (Wildman–Crippen LogP) is 0.0837. The lowest BCUT2D eigenvalue weighted by molar-refractivity contribution is -0.154. The van der Waals surface area contributed by atoms with E-state index in [1.54, 1.807) is 6.92 Å². The van der Waals surface area contributed by atoms with Gasteiger partial charge in [0.2, 0.25) is 0 Å². The summed E-state index contributed by atoms with van der Waals surface area (Å²) in [7, 11) is -5.93. The zero-order chi connectivity index (χ0) is 27.3. The van der Waals surface area contributed by atoms with Crippen LogP contribution in [0.1, 0.15) is 26.0 Å². The fourth-order valence-corrected chi connectivity index (χ4v) is 5.31. The maximum absolute atomic E-state index is 12.5. The lowest BCUT2D eigenvalue weighted by atomic mass is 9.93. The molecule has 16 nitrogen and oxygen atoms in total. The van der Waals surface area contributed by atoms with Crippen molar-refractivity contribution >= 4 is 39.2 Å². The number of nitrogens with one attached hydrogen (secondary N) is 2. The van der Waals surface area contributed by atoms with Gasteiger partial charge >= 0.3 is 32.6 Å². The topological polar surface area (TPSA) is 233 Å². The van der Waals surface area contributed by atoms with Gasteiger partial charge in [-0.25, -0.2) is 14.4 Å². The van der Waals surface area contributed by atoms with E-state index >= 15 is 0 Å². The second kappa shape index (κ2) is 12.5. The van der Waals surface area contributed by atoms with Gasteiger partial charge < -0.3 is 24.6 Å². The van der Waals surface area contributed by atoms with Crippen LogP contribution in [0.4, 0.5) is 0 Å². The van der Waals surface area contributed by atoms with E-state index in [1.807, 2.05) is 0 Å². The third-order valence-electron chi connectivity index (χ3n) is 5.48. The highest BCUT2D eigenvalue weighted by Crippen LogP contribution is 2.49. The smallest absolute Gasteiger partial charge is 0.481 e. The van der Waals surface area contributed by atoms with Gasteiger partial charge in [0.15, 0.2) is 18.2 Å². The normalized spacial score (nSPS) is 26.0. The number of aliphatic carboxylic acids is 2. The van der Waals surface area contributed by atoms with Crippen molar-refractivity contribution in [3.63, 3.8) is 0 Å². The number of carbonyl (C=O) groups is 2. The van der Waals surface area contributed by atoms with Crippen LogP contribution in [0.3, 0.4) is 0 Å². The Kier molecular flexibility index (Phi) is 10.5. The van der Waals surface area contributed by atoms with E-state index in [0.29, 0.717) is 0 Å². The van der Waals surface area contributed by atoms with E-state index < -0.39 is 87.7 Å². The molecule has 2 heterocycles. The first-order chi connectivity index (χ1) is 16.8. The van der Waals surface area contributed by atoms with Gasteiger partial charge in [0, 0.05) is 25.9 Å². The second-order valence-electron chi connectivity index (χ2n) is 7.63. The van der Waals surface area contributed by atoms with Crippen molar-refractivity contribution in [1.82, 2.24) is 14.6 Å². The van der Waals surface area contributed by atoms with E-state index in [1.165, 1.54) is 7.11 Å². The van der Waals surface area contributed by atoms with E-state index in [0.717, 1.165) is 16.8 Å². The number of aromatic nitrogens is 2. The monoisotopic (exact) mass is 574 g/mol. The Morgan fingerprint density at radius 1 is 1.39 bits per heavy atom. The summed E-state index contributed by atoms with van der Waals surface area (Å²) in [4.78, 5) is 57.9. The van der Waals surface area contributed by atoms with Crippen molar-refractivity contribution in [3.05, 3.63) is 33.1 Å². The Morgan fingerprint density at radius 2 is 2.03 bits per heavy atom. The van der Waals surface area contributed by atoms with E-state index in [9.17, 15) is 33.2 Å². The maximum Gasteiger partial charge on any atom is 0.582 e. The summed E-state index contributed by atoms with van der Waals surface area (Å²) in [6.45, 7) is 0.438. The number of ether oxygens (including phenoxy) is 2. The molecule has 0 spiro atoms. The largest absolute Gasteiger partial charge is 0.582 e. The van der Waals surface area contributed by atoms with Gasteiger partial charge in [0.05, 0.1) is 6.61 Å². The van der Waals surface area contributed by atoms with Gasteiger partial charge in [0.1, 0.15) is 24.0 Å². The van der Waals surface area contributed by atoms with Crippen LogP contribution < -0.4 is 16.3 Å². The number of carboxylic acids is 2. The highest BCUT2D eigenvalue weighted by Gasteiger charge is 2.60. The molecule has 1 fully saturated rings. The minimum Gasteiger partial charge on any atom is -0.481 e. The number of hydrogen-bond donors (Lipinski definition) is 6. The van der Waals surface area contributed by atoms with Gasteiger partial charge in [-0.15, -0.1) is 4.52 Å². The summed E-state index contributed by atoms with van der Waals surface area (Å²) in [6, 6.07) is 1.06. The molecule has 0 aromatic carbocycles. The quantitative estimate of drug-likeness (QED) is 0.0982. The summed E-state index contributed by atoms with van der Waals surface area (Å²) >= 11 is 3.75. The van der Waals surface area contributed by atoms with Crippen LogP contribution >= 0.6 is 27.2 Å². The summed E-state index contributed by atoms with van der Waals surface area (Å²) in [6.07, 6.45) is -2.93. The Morgan fingerprint density at radius 3 is 2.53 bits per heavy atom. The van der Waals surface area contributed by atoms with Gasteiger partial charge in [-0.05, 0) is 17.4 Å². The zero-order valence-electron chi connectivity index (χ0n) is 19.0. The molecule has 1 saturated heterocycles. The van der Waals surface area contributed by atoms with E-state index in [4.69, 9.17) is 28.7 Å². The van der Waals surface area contributed by atoms with Crippen molar-refractivity contribution in [3.8, 4) is 0 Å². The van der Waals surface area contributed by atoms with Crippen molar-refractivity contribution in [2.24, 2.45) is 5.92 Å². The molecule has 19 heteroatoms. The molecule has 0 radical (unpaired) electrons. The number of hydrogen-bond acceptors (Lipinski definition) is 10. The Labute approximate surface area is 209 Å². The minimum absolute atomic E-state index is 0.0309. The lowest BCUT2D eigenvalue weighted by Crippen LogP contribution is -2.47. The first-order valence-corrected chi connectivity index (χ1v) is 14.2. The first kappa shape index (κ1) is 30.3. The molecule has 6 unspecified atom stereocenters. The van der Waals surface area contributed by atoms with Crippen LogP contribution in [0.5, 0.6) is 0 Å². The SMILES string of the molecule is CCC1(COP(=O)(O)NCCC(C(=O)O)C(=O)O)OC(n2ccc(=O)[nH]c2=O)C(OC)C1O[P+](=O)S. The van der Waals surface area contributed by atoms with Crippen LogP contribution in [-0.4, -0.2) is 74.7 Å². The standard InChI is InChI=1S/C17H25N3O13P2S/c1-3-17(8-31-35(28,29)18-6-4-9(14(22)23)15(24)25)12(33-34(27)36)11(30-2)13(32-17)20-7-5-10(21)19-16(20)26/h5,7,9,11-13H,3-4,6,8H2,1-2H3,(H5-,18,19,21,22,23,24,25,26,27,28,29,36)/p+1. The number of carboxylic acid groups (broad SMARTS) is 2. The molecule has 0 aliphatic carbocycles. The predicted molar refractivity (Wildman–Crippen MR) is 124 cm³/mol. The summed E-state index contributed by atoms with van der Waals surface area (Å²) in [5, 5.41) is 19.9. The summed E-state index contributed by atoms with van der Waals surface area (Å²) in [5.74, 6) is -5.03. The number of methoxy groups -OCH3 is 1.